The zero-order valence-electron chi connectivity index (χ0n) is 11.1. The van der Waals surface area contributed by atoms with Crippen LogP contribution in [0.2, 0.25) is 0 Å². The molecule has 7 heteroatoms. The van der Waals surface area contributed by atoms with Crippen LogP contribution >= 0.6 is 0 Å². The van der Waals surface area contributed by atoms with Gasteiger partial charge in [0, 0.05) is 6.54 Å². The van der Waals surface area contributed by atoms with E-state index in [9.17, 15) is 18.0 Å². The maximum absolute atomic E-state index is 12.4. The van der Waals surface area contributed by atoms with Gasteiger partial charge in [-0.15, -0.1) is 0 Å². The maximum Gasteiger partial charge on any atom is 0.415 e. The lowest BCUT2D eigenvalue weighted by atomic mass is 10.1. The first kappa shape index (κ1) is 16.5. The molecule has 0 saturated heterocycles. The Hall–Kier alpha value is -1.60. The number of alkyl halides is 3. The number of aliphatic hydroxyl groups is 1. The van der Waals surface area contributed by atoms with Gasteiger partial charge in [0.05, 0.1) is 7.11 Å². The molecule has 1 aromatic rings. The third kappa shape index (κ3) is 4.21. The van der Waals surface area contributed by atoms with Crippen LogP contribution in [-0.2, 0) is 9.53 Å². The molecule has 0 saturated carbocycles. The Morgan fingerprint density at radius 2 is 1.90 bits per heavy atom. The number of halogens is 3. The van der Waals surface area contributed by atoms with Gasteiger partial charge in [0.2, 0.25) is 0 Å². The van der Waals surface area contributed by atoms with Crippen LogP contribution in [-0.4, -0.2) is 49.0 Å². The zero-order valence-corrected chi connectivity index (χ0v) is 11.1. The lowest BCUT2D eigenvalue weighted by Gasteiger charge is -2.28. The molecule has 2 unspecified atom stereocenters. The van der Waals surface area contributed by atoms with Crippen LogP contribution in [0.15, 0.2) is 30.3 Å². The molecule has 0 aliphatic rings. The number of aliphatic hydroxyl groups excluding tert-OH is 1. The van der Waals surface area contributed by atoms with Crippen LogP contribution in [0.25, 0.3) is 0 Å². The fourth-order valence-corrected chi connectivity index (χ4v) is 1.80. The first-order valence-electron chi connectivity index (χ1n) is 5.85. The second kappa shape index (κ2) is 6.71. The molecule has 0 fully saturated rings. The van der Waals surface area contributed by atoms with Crippen molar-refractivity contribution in [3.05, 3.63) is 35.9 Å². The summed E-state index contributed by atoms with van der Waals surface area (Å²) in [5.74, 6) is -0.687. The van der Waals surface area contributed by atoms with Crippen LogP contribution < -0.4 is 0 Å². The predicted molar refractivity (Wildman–Crippen MR) is 65.9 cm³/mol. The van der Waals surface area contributed by atoms with Crippen molar-refractivity contribution in [2.75, 3.05) is 20.7 Å². The summed E-state index contributed by atoms with van der Waals surface area (Å²) in [6, 6.07) is 7.27. The summed E-state index contributed by atoms with van der Waals surface area (Å²) in [5.41, 5.74) is 0.497. The zero-order chi connectivity index (χ0) is 15.3. The molecule has 0 radical (unpaired) electrons. The third-order valence-electron chi connectivity index (χ3n) is 2.82. The fourth-order valence-electron chi connectivity index (χ4n) is 1.80. The van der Waals surface area contributed by atoms with E-state index in [1.54, 1.807) is 30.3 Å². The number of carbonyl (C=O) groups excluding carboxylic acids is 1. The molecule has 0 aromatic heterocycles. The number of rotatable bonds is 5. The van der Waals surface area contributed by atoms with E-state index in [1.807, 2.05) is 0 Å². The van der Waals surface area contributed by atoms with E-state index in [4.69, 9.17) is 5.11 Å². The number of methoxy groups -OCH3 is 1. The number of hydrogen-bond donors (Lipinski definition) is 1. The van der Waals surface area contributed by atoms with Crippen LogP contribution in [0, 0.1) is 0 Å². The van der Waals surface area contributed by atoms with Crippen LogP contribution in [0.4, 0.5) is 13.2 Å². The second-order valence-corrected chi connectivity index (χ2v) is 4.33. The summed E-state index contributed by atoms with van der Waals surface area (Å²) in [4.78, 5) is 12.9. The van der Waals surface area contributed by atoms with Gasteiger partial charge in [-0.2, -0.15) is 13.2 Å². The van der Waals surface area contributed by atoms with Crippen molar-refractivity contribution in [2.24, 2.45) is 0 Å². The highest BCUT2D eigenvalue weighted by atomic mass is 19.4. The van der Waals surface area contributed by atoms with Crippen molar-refractivity contribution in [1.82, 2.24) is 4.90 Å². The van der Waals surface area contributed by atoms with Gasteiger partial charge in [0.25, 0.3) is 0 Å². The minimum atomic E-state index is -4.73. The average molecular weight is 291 g/mol. The first-order valence-corrected chi connectivity index (χ1v) is 5.85. The molecule has 4 nitrogen and oxygen atoms in total. The number of likely N-dealkylation sites (N-methyl/N-ethyl adjacent to an activating group) is 1. The lowest BCUT2D eigenvalue weighted by Crippen LogP contribution is -2.42. The highest BCUT2D eigenvalue weighted by molar-refractivity contribution is 5.77. The SMILES string of the molecule is COC(=O)C(c1ccccc1)N(C)CC(O)C(F)(F)F. The summed E-state index contributed by atoms with van der Waals surface area (Å²) in [5, 5.41) is 9.09. The van der Waals surface area contributed by atoms with Gasteiger partial charge >= 0.3 is 12.1 Å². The molecule has 0 heterocycles. The quantitative estimate of drug-likeness (QED) is 0.840. The Morgan fingerprint density at radius 3 is 2.35 bits per heavy atom. The van der Waals surface area contributed by atoms with Gasteiger partial charge in [-0.25, -0.2) is 4.79 Å². The number of hydrogen-bond acceptors (Lipinski definition) is 4. The molecule has 0 bridgehead atoms. The molecular formula is C13H16F3NO3. The Labute approximate surface area is 114 Å². The van der Waals surface area contributed by atoms with E-state index in [0.29, 0.717) is 5.56 Å². The number of nitrogens with zero attached hydrogens (tertiary/aromatic N) is 1. The van der Waals surface area contributed by atoms with Crippen molar-refractivity contribution in [1.29, 1.82) is 0 Å². The second-order valence-electron chi connectivity index (χ2n) is 4.33. The van der Waals surface area contributed by atoms with Crippen molar-refractivity contribution < 1.29 is 27.8 Å². The minimum Gasteiger partial charge on any atom is -0.468 e. The van der Waals surface area contributed by atoms with E-state index in [1.165, 1.54) is 7.05 Å². The molecule has 1 aromatic carbocycles. The Morgan fingerprint density at radius 1 is 1.35 bits per heavy atom. The van der Waals surface area contributed by atoms with Crippen LogP contribution in [0.1, 0.15) is 11.6 Å². The van der Waals surface area contributed by atoms with Crippen molar-refractivity contribution in [3.63, 3.8) is 0 Å². The molecule has 0 aliphatic heterocycles. The monoisotopic (exact) mass is 291 g/mol. The van der Waals surface area contributed by atoms with Crippen molar-refractivity contribution >= 4 is 5.97 Å². The average Bonchev–Trinajstić information content (AvgIpc) is 2.38. The number of esters is 1. The largest absolute Gasteiger partial charge is 0.468 e. The van der Waals surface area contributed by atoms with Gasteiger partial charge < -0.3 is 9.84 Å². The molecule has 0 aliphatic carbocycles. The van der Waals surface area contributed by atoms with Crippen LogP contribution in [0.3, 0.4) is 0 Å². The van der Waals surface area contributed by atoms with E-state index in [0.717, 1.165) is 12.0 Å². The highest BCUT2D eigenvalue weighted by Crippen LogP contribution is 2.25. The van der Waals surface area contributed by atoms with E-state index >= 15 is 0 Å². The topological polar surface area (TPSA) is 49.8 Å². The smallest absolute Gasteiger partial charge is 0.415 e. The summed E-state index contributed by atoms with van der Waals surface area (Å²) in [7, 11) is 2.48. The number of carbonyl (C=O) groups is 1. The molecular weight excluding hydrogens is 275 g/mol. The molecule has 2 atom stereocenters. The number of benzene rings is 1. The Bertz CT molecular complexity index is 436. The molecule has 1 rings (SSSR count). The minimum absolute atomic E-state index is 0.497. The Kier molecular flexibility index (Phi) is 5.52. The predicted octanol–water partition coefficient (Wildman–Crippen LogP) is 1.76. The summed E-state index contributed by atoms with van der Waals surface area (Å²) >= 11 is 0. The molecule has 0 amide bonds. The molecule has 1 N–H and O–H groups in total. The van der Waals surface area contributed by atoms with Crippen molar-refractivity contribution in [2.45, 2.75) is 18.3 Å². The fraction of sp³-hybridized carbons (Fsp3) is 0.462. The van der Waals surface area contributed by atoms with Gasteiger partial charge in [0.15, 0.2) is 6.10 Å². The third-order valence-corrected chi connectivity index (χ3v) is 2.82. The molecule has 112 valence electrons. The number of ether oxygens (including phenoxy) is 1. The van der Waals surface area contributed by atoms with Gasteiger partial charge in [-0.1, -0.05) is 30.3 Å². The maximum atomic E-state index is 12.4. The molecule has 20 heavy (non-hydrogen) atoms. The summed E-state index contributed by atoms with van der Waals surface area (Å²) in [6.45, 7) is -0.724. The normalized spacial score (nSPS) is 14.9. The van der Waals surface area contributed by atoms with Gasteiger partial charge in [-0.3, -0.25) is 4.90 Å². The summed E-state index contributed by atoms with van der Waals surface area (Å²) in [6.07, 6.45) is -7.26. The Balaban J connectivity index is 2.92. The summed E-state index contributed by atoms with van der Waals surface area (Å²) < 4.78 is 41.7. The van der Waals surface area contributed by atoms with Crippen LogP contribution in [0.5, 0.6) is 0 Å². The molecule has 0 spiro atoms. The van der Waals surface area contributed by atoms with E-state index in [2.05, 4.69) is 4.74 Å². The van der Waals surface area contributed by atoms with E-state index < -0.39 is 30.8 Å². The standard InChI is InChI=1S/C13H16F3NO3/c1-17(8-10(18)13(14,15)16)11(12(19)20-2)9-6-4-3-5-7-9/h3-7,10-11,18H,8H2,1-2H3. The van der Waals surface area contributed by atoms with Crippen molar-refractivity contribution in [3.8, 4) is 0 Å². The van der Waals surface area contributed by atoms with Gasteiger partial charge in [-0.05, 0) is 12.6 Å². The van der Waals surface area contributed by atoms with E-state index in [-0.39, 0.29) is 0 Å². The highest BCUT2D eigenvalue weighted by Gasteiger charge is 2.40. The first-order chi connectivity index (χ1) is 9.27. The lowest BCUT2D eigenvalue weighted by molar-refractivity contribution is -0.209. The van der Waals surface area contributed by atoms with Gasteiger partial charge in [0.1, 0.15) is 6.04 Å².